The van der Waals surface area contributed by atoms with E-state index in [1.165, 1.54) is 6.54 Å². The van der Waals surface area contributed by atoms with Crippen LogP contribution < -0.4 is 5.73 Å². The highest BCUT2D eigenvalue weighted by Gasteiger charge is 2.27. The molecular weight excluding hydrogens is 174 g/mol. The molecule has 2 unspecified atom stereocenters. The molecule has 1 aliphatic heterocycles. The van der Waals surface area contributed by atoms with Gasteiger partial charge in [0.2, 0.25) is 0 Å². The van der Waals surface area contributed by atoms with Gasteiger partial charge in [-0.05, 0) is 26.4 Å². The predicted molar refractivity (Wildman–Crippen MR) is 61.3 cm³/mol. The second-order valence-corrected chi connectivity index (χ2v) is 5.10. The standard InChI is InChI=1S/C11H25N3/c1-9(2)7-10(12)11-8-13(3)5-6-14(11)4/h9-11H,5-8,12H2,1-4H3. The summed E-state index contributed by atoms with van der Waals surface area (Å²) in [4.78, 5) is 4.79. The molecule has 84 valence electrons. The monoisotopic (exact) mass is 199 g/mol. The number of hydrogen-bond acceptors (Lipinski definition) is 3. The molecule has 0 aromatic heterocycles. The average molecular weight is 199 g/mol. The summed E-state index contributed by atoms with van der Waals surface area (Å²) >= 11 is 0. The van der Waals surface area contributed by atoms with Crippen molar-refractivity contribution in [1.82, 2.24) is 9.80 Å². The quantitative estimate of drug-likeness (QED) is 0.723. The van der Waals surface area contributed by atoms with Crippen LogP contribution in [0.1, 0.15) is 20.3 Å². The molecule has 0 aromatic rings. The molecule has 0 aromatic carbocycles. The van der Waals surface area contributed by atoms with Gasteiger partial charge >= 0.3 is 0 Å². The van der Waals surface area contributed by atoms with Gasteiger partial charge in [0, 0.05) is 31.7 Å². The number of nitrogens with two attached hydrogens (primary N) is 1. The number of nitrogens with zero attached hydrogens (tertiary/aromatic N) is 2. The third kappa shape index (κ3) is 3.23. The molecule has 0 spiro atoms. The second kappa shape index (κ2) is 5.10. The minimum absolute atomic E-state index is 0.322. The van der Waals surface area contributed by atoms with Crippen molar-refractivity contribution in [2.75, 3.05) is 33.7 Å². The third-order valence-electron chi connectivity index (χ3n) is 3.14. The van der Waals surface area contributed by atoms with Crippen molar-refractivity contribution in [3.05, 3.63) is 0 Å². The molecule has 1 saturated heterocycles. The zero-order valence-corrected chi connectivity index (χ0v) is 10.0. The summed E-state index contributed by atoms with van der Waals surface area (Å²) in [6.45, 7) is 7.91. The molecule has 1 aliphatic rings. The van der Waals surface area contributed by atoms with Crippen LogP contribution in [0.25, 0.3) is 0 Å². The maximum atomic E-state index is 6.23. The van der Waals surface area contributed by atoms with E-state index in [0.29, 0.717) is 18.0 Å². The summed E-state index contributed by atoms with van der Waals surface area (Å²) in [5.74, 6) is 0.700. The van der Waals surface area contributed by atoms with E-state index in [1.807, 2.05) is 0 Å². The van der Waals surface area contributed by atoms with Gasteiger partial charge in [0.15, 0.2) is 0 Å². The van der Waals surface area contributed by atoms with Gasteiger partial charge in [0.05, 0.1) is 0 Å². The lowest BCUT2D eigenvalue weighted by Gasteiger charge is -2.41. The van der Waals surface area contributed by atoms with Gasteiger partial charge in [0.25, 0.3) is 0 Å². The minimum Gasteiger partial charge on any atom is -0.326 e. The fourth-order valence-corrected chi connectivity index (χ4v) is 2.21. The van der Waals surface area contributed by atoms with Crippen LogP contribution in [0.4, 0.5) is 0 Å². The van der Waals surface area contributed by atoms with Crippen molar-refractivity contribution in [2.45, 2.75) is 32.4 Å². The summed E-state index contributed by atoms with van der Waals surface area (Å²) in [6, 6.07) is 0.860. The third-order valence-corrected chi connectivity index (χ3v) is 3.14. The molecule has 2 atom stereocenters. The molecule has 0 radical (unpaired) electrons. The van der Waals surface area contributed by atoms with E-state index in [2.05, 4.69) is 37.7 Å². The predicted octanol–water partition coefficient (Wildman–Crippen LogP) is 0.606. The Bertz CT molecular complexity index is 170. The van der Waals surface area contributed by atoms with Gasteiger partial charge in [-0.2, -0.15) is 0 Å². The SMILES string of the molecule is CC(C)CC(N)C1CN(C)CCN1C. The zero-order chi connectivity index (χ0) is 10.7. The highest BCUT2D eigenvalue weighted by molar-refractivity contribution is 4.87. The molecule has 3 heteroatoms. The molecule has 1 rings (SSSR count). The van der Waals surface area contributed by atoms with Gasteiger partial charge in [-0.15, -0.1) is 0 Å². The van der Waals surface area contributed by atoms with Crippen molar-refractivity contribution >= 4 is 0 Å². The Hall–Kier alpha value is -0.120. The topological polar surface area (TPSA) is 32.5 Å². The van der Waals surface area contributed by atoms with Gasteiger partial charge in [-0.3, -0.25) is 4.90 Å². The first-order valence-corrected chi connectivity index (χ1v) is 5.65. The molecule has 1 heterocycles. The molecule has 0 amide bonds. The lowest BCUT2D eigenvalue weighted by atomic mass is 9.96. The first-order valence-electron chi connectivity index (χ1n) is 5.65. The molecular formula is C11H25N3. The first kappa shape index (κ1) is 12.0. The summed E-state index contributed by atoms with van der Waals surface area (Å²) in [7, 11) is 4.37. The van der Waals surface area contributed by atoms with E-state index in [-0.39, 0.29) is 0 Å². The molecule has 0 saturated carbocycles. The van der Waals surface area contributed by atoms with Crippen molar-refractivity contribution < 1.29 is 0 Å². The Morgan fingerprint density at radius 3 is 2.50 bits per heavy atom. The van der Waals surface area contributed by atoms with Crippen molar-refractivity contribution in [2.24, 2.45) is 11.7 Å². The number of likely N-dealkylation sites (N-methyl/N-ethyl adjacent to an activating group) is 2. The van der Waals surface area contributed by atoms with Crippen LogP contribution in [-0.4, -0.2) is 55.6 Å². The van der Waals surface area contributed by atoms with E-state index in [9.17, 15) is 0 Å². The Morgan fingerprint density at radius 2 is 1.93 bits per heavy atom. The molecule has 3 nitrogen and oxygen atoms in total. The van der Waals surface area contributed by atoms with Crippen LogP contribution in [-0.2, 0) is 0 Å². The Kier molecular flexibility index (Phi) is 4.35. The van der Waals surface area contributed by atoms with E-state index in [4.69, 9.17) is 5.73 Å². The number of hydrogen-bond donors (Lipinski definition) is 1. The average Bonchev–Trinajstić information content (AvgIpc) is 2.08. The summed E-state index contributed by atoms with van der Waals surface area (Å²) < 4.78 is 0. The fraction of sp³-hybridized carbons (Fsp3) is 1.00. The van der Waals surface area contributed by atoms with Crippen molar-refractivity contribution in [3.8, 4) is 0 Å². The maximum Gasteiger partial charge on any atom is 0.0371 e. The first-order chi connectivity index (χ1) is 6.50. The van der Waals surface area contributed by atoms with Gasteiger partial charge in [-0.1, -0.05) is 13.8 Å². The Morgan fingerprint density at radius 1 is 1.29 bits per heavy atom. The fourth-order valence-electron chi connectivity index (χ4n) is 2.21. The molecule has 14 heavy (non-hydrogen) atoms. The lowest BCUT2D eigenvalue weighted by molar-refractivity contribution is 0.0922. The normalized spacial score (nSPS) is 28.3. The van der Waals surface area contributed by atoms with Crippen LogP contribution in [0.15, 0.2) is 0 Å². The number of rotatable bonds is 3. The Balaban J connectivity index is 2.46. The summed E-state index contributed by atoms with van der Waals surface area (Å²) in [5.41, 5.74) is 6.23. The van der Waals surface area contributed by atoms with Gasteiger partial charge < -0.3 is 10.6 Å². The molecule has 1 fully saturated rings. The second-order valence-electron chi connectivity index (χ2n) is 5.10. The van der Waals surface area contributed by atoms with Gasteiger partial charge in [-0.25, -0.2) is 0 Å². The van der Waals surface area contributed by atoms with E-state index < -0.39 is 0 Å². The van der Waals surface area contributed by atoms with Crippen LogP contribution in [0.3, 0.4) is 0 Å². The Labute approximate surface area is 88.2 Å². The largest absolute Gasteiger partial charge is 0.326 e. The van der Waals surface area contributed by atoms with Crippen molar-refractivity contribution in [1.29, 1.82) is 0 Å². The zero-order valence-electron chi connectivity index (χ0n) is 10.0. The minimum atomic E-state index is 0.322. The summed E-state index contributed by atoms with van der Waals surface area (Å²) in [6.07, 6.45) is 1.13. The summed E-state index contributed by atoms with van der Waals surface area (Å²) in [5, 5.41) is 0. The highest BCUT2D eigenvalue weighted by Crippen LogP contribution is 2.14. The number of piperazine rings is 1. The van der Waals surface area contributed by atoms with E-state index in [1.54, 1.807) is 0 Å². The van der Waals surface area contributed by atoms with Crippen molar-refractivity contribution in [3.63, 3.8) is 0 Å². The van der Waals surface area contributed by atoms with Gasteiger partial charge in [0.1, 0.15) is 0 Å². The van der Waals surface area contributed by atoms with Crippen LogP contribution in [0.2, 0.25) is 0 Å². The van der Waals surface area contributed by atoms with Crippen LogP contribution in [0.5, 0.6) is 0 Å². The lowest BCUT2D eigenvalue weighted by Crippen LogP contribution is -2.57. The molecule has 0 bridgehead atoms. The smallest absolute Gasteiger partial charge is 0.0371 e. The van der Waals surface area contributed by atoms with E-state index >= 15 is 0 Å². The molecule has 2 N–H and O–H groups in total. The maximum absolute atomic E-state index is 6.23. The molecule has 0 aliphatic carbocycles. The van der Waals surface area contributed by atoms with Crippen LogP contribution >= 0.6 is 0 Å². The highest BCUT2D eigenvalue weighted by atomic mass is 15.3. The van der Waals surface area contributed by atoms with Crippen LogP contribution in [0, 0.1) is 5.92 Å². The van der Waals surface area contributed by atoms with E-state index in [0.717, 1.165) is 19.5 Å².